The Balaban J connectivity index is 2.27. The first-order chi connectivity index (χ1) is 13.5. The predicted octanol–water partition coefficient (Wildman–Crippen LogP) is 3.20. The molecule has 0 heterocycles. The fourth-order valence-electron chi connectivity index (χ4n) is 2.66. The van der Waals surface area contributed by atoms with Crippen molar-refractivity contribution in [1.82, 2.24) is 9.80 Å². The predicted molar refractivity (Wildman–Crippen MR) is 114 cm³/mol. The highest BCUT2D eigenvalue weighted by atomic mass is 16.5. The topological polar surface area (TPSA) is 42.0 Å². The maximum absolute atomic E-state index is 11.3. The second-order valence-electron chi connectivity index (χ2n) is 7.04. The van der Waals surface area contributed by atoms with Crippen LogP contribution in [-0.2, 0) is 4.79 Å². The third-order valence-corrected chi connectivity index (χ3v) is 4.16. The summed E-state index contributed by atoms with van der Waals surface area (Å²) in [7, 11) is 8.04. The van der Waals surface area contributed by atoms with Crippen LogP contribution in [-0.4, -0.2) is 70.6 Å². The van der Waals surface area contributed by atoms with Crippen LogP contribution in [0.2, 0.25) is 0 Å². The lowest BCUT2D eigenvalue weighted by molar-refractivity contribution is -0.104. The Labute approximate surface area is 168 Å². The van der Waals surface area contributed by atoms with E-state index in [1.807, 2.05) is 76.7 Å². The van der Waals surface area contributed by atoms with Crippen molar-refractivity contribution >= 4 is 11.9 Å². The van der Waals surface area contributed by atoms with Gasteiger partial charge in [0.25, 0.3) is 0 Å². The van der Waals surface area contributed by atoms with Gasteiger partial charge in [0.05, 0.1) is 0 Å². The molecule has 0 unspecified atom stereocenters. The van der Waals surface area contributed by atoms with Crippen LogP contribution < -0.4 is 9.47 Å². The fourth-order valence-corrected chi connectivity index (χ4v) is 2.66. The second-order valence-corrected chi connectivity index (χ2v) is 7.04. The van der Waals surface area contributed by atoms with Crippen LogP contribution in [0.15, 0.2) is 54.6 Å². The lowest BCUT2D eigenvalue weighted by Gasteiger charge is -2.17. The highest BCUT2D eigenvalue weighted by molar-refractivity contribution is 5.91. The summed E-state index contributed by atoms with van der Waals surface area (Å²) in [5.41, 5.74) is 2.62. The molecule has 2 rings (SSSR count). The van der Waals surface area contributed by atoms with E-state index < -0.39 is 0 Å². The number of nitrogens with zero attached hydrogens (tertiary/aromatic N) is 2. The van der Waals surface area contributed by atoms with Gasteiger partial charge in [-0.3, -0.25) is 4.79 Å². The Hall–Kier alpha value is -2.63. The number of carbonyl (C=O) groups excluding carboxylic acids is 1. The number of hydrogen-bond acceptors (Lipinski definition) is 5. The van der Waals surface area contributed by atoms with Gasteiger partial charge in [0, 0.05) is 18.7 Å². The number of allylic oxidation sites excluding steroid dienone is 1. The van der Waals surface area contributed by atoms with Crippen molar-refractivity contribution in [2.24, 2.45) is 0 Å². The first kappa shape index (κ1) is 21.7. The van der Waals surface area contributed by atoms with Crippen molar-refractivity contribution < 1.29 is 14.3 Å². The number of benzene rings is 2. The van der Waals surface area contributed by atoms with Crippen molar-refractivity contribution in [1.29, 1.82) is 0 Å². The molecule has 0 radical (unpaired) electrons. The van der Waals surface area contributed by atoms with Gasteiger partial charge in [-0.25, -0.2) is 0 Å². The summed E-state index contributed by atoms with van der Waals surface area (Å²) in [6.45, 7) is 2.83. The number of likely N-dealkylation sites (N-methyl/N-ethyl adjacent to an activating group) is 2. The van der Waals surface area contributed by atoms with Gasteiger partial charge in [-0.2, -0.15) is 0 Å². The average Bonchev–Trinajstić information content (AvgIpc) is 2.66. The van der Waals surface area contributed by atoms with Crippen molar-refractivity contribution in [3.05, 3.63) is 65.7 Å². The Bertz CT molecular complexity index is 785. The minimum absolute atomic E-state index is 0.575. The zero-order valence-electron chi connectivity index (χ0n) is 17.2. The lowest BCUT2D eigenvalue weighted by Crippen LogP contribution is -2.19. The number of ether oxygens (including phenoxy) is 2. The Morgan fingerprint density at radius 3 is 2.25 bits per heavy atom. The van der Waals surface area contributed by atoms with E-state index in [4.69, 9.17) is 9.47 Å². The Kier molecular flexibility index (Phi) is 8.72. The molecule has 28 heavy (non-hydrogen) atoms. The van der Waals surface area contributed by atoms with E-state index >= 15 is 0 Å². The molecule has 5 heteroatoms. The molecule has 0 aliphatic carbocycles. The van der Waals surface area contributed by atoms with Crippen molar-refractivity contribution in [2.75, 3.05) is 54.5 Å². The quantitative estimate of drug-likeness (QED) is 0.441. The minimum atomic E-state index is 0.575. The first-order valence-corrected chi connectivity index (χ1v) is 9.41. The molecular weight excluding hydrogens is 352 g/mol. The Morgan fingerprint density at radius 1 is 0.893 bits per heavy atom. The number of para-hydroxylation sites is 1. The van der Waals surface area contributed by atoms with Crippen LogP contribution in [0.3, 0.4) is 0 Å². The standard InChI is InChI=1S/C23H30N2O3/c1-24(2)13-16-27-20-9-7-8-19(18-20)21(12-15-26)22-10-5-6-11-23(22)28-17-14-25(3)4/h5-12,15,18H,13-14,16-17H2,1-4H3. The third-order valence-electron chi connectivity index (χ3n) is 4.16. The number of aldehydes is 1. The molecule has 150 valence electrons. The minimum Gasteiger partial charge on any atom is -0.492 e. The van der Waals surface area contributed by atoms with Crippen molar-refractivity contribution in [2.45, 2.75) is 0 Å². The summed E-state index contributed by atoms with van der Waals surface area (Å²) in [6, 6.07) is 15.6. The molecule has 0 aliphatic heterocycles. The van der Waals surface area contributed by atoms with Gasteiger partial charge in [-0.1, -0.05) is 30.3 Å². The molecule has 0 saturated heterocycles. The Morgan fingerprint density at radius 2 is 1.57 bits per heavy atom. The molecule has 2 aromatic rings. The van der Waals surface area contributed by atoms with Crippen LogP contribution in [0.5, 0.6) is 11.5 Å². The van der Waals surface area contributed by atoms with E-state index in [1.54, 1.807) is 6.08 Å². The molecule has 0 aromatic heterocycles. The molecule has 0 amide bonds. The smallest absolute Gasteiger partial charge is 0.143 e. The van der Waals surface area contributed by atoms with Gasteiger partial charge in [0.2, 0.25) is 0 Å². The zero-order chi connectivity index (χ0) is 20.4. The molecule has 0 spiro atoms. The van der Waals surface area contributed by atoms with E-state index in [1.165, 1.54) is 0 Å². The van der Waals surface area contributed by atoms with Crippen LogP contribution in [0.25, 0.3) is 5.57 Å². The van der Waals surface area contributed by atoms with E-state index in [2.05, 4.69) is 9.80 Å². The average molecular weight is 383 g/mol. The molecule has 0 saturated carbocycles. The van der Waals surface area contributed by atoms with Crippen molar-refractivity contribution in [3.63, 3.8) is 0 Å². The van der Waals surface area contributed by atoms with Crippen LogP contribution in [0.4, 0.5) is 0 Å². The van der Waals surface area contributed by atoms with Crippen LogP contribution >= 0.6 is 0 Å². The van der Waals surface area contributed by atoms with E-state index in [0.29, 0.717) is 13.2 Å². The van der Waals surface area contributed by atoms with Gasteiger partial charge < -0.3 is 19.3 Å². The summed E-state index contributed by atoms with van der Waals surface area (Å²) in [5.74, 6) is 1.54. The molecule has 0 atom stereocenters. The van der Waals surface area contributed by atoms with Gasteiger partial charge in [-0.15, -0.1) is 0 Å². The fraction of sp³-hybridized carbons (Fsp3) is 0.348. The van der Waals surface area contributed by atoms with Crippen molar-refractivity contribution in [3.8, 4) is 11.5 Å². The molecular formula is C23H30N2O3. The maximum Gasteiger partial charge on any atom is 0.143 e. The van der Waals surface area contributed by atoms with Crippen LogP contribution in [0, 0.1) is 0 Å². The van der Waals surface area contributed by atoms with Gasteiger partial charge in [-0.05, 0) is 63.6 Å². The molecule has 0 bridgehead atoms. The highest BCUT2D eigenvalue weighted by Crippen LogP contribution is 2.32. The molecule has 5 nitrogen and oxygen atoms in total. The zero-order valence-corrected chi connectivity index (χ0v) is 17.2. The van der Waals surface area contributed by atoms with Gasteiger partial charge in [0.1, 0.15) is 31.0 Å². The largest absolute Gasteiger partial charge is 0.492 e. The normalized spacial score (nSPS) is 11.7. The lowest BCUT2D eigenvalue weighted by atomic mass is 9.96. The van der Waals surface area contributed by atoms with Gasteiger partial charge >= 0.3 is 0 Å². The third kappa shape index (κ3) is 6.83. The molecule has 0 aliphatic rings. The van der Waals surface area contributed by atoms with Crippen LogP contribution in [0.1, 0.15) is 11.1 Å². The summed E-state index contributed by atoms with van der Waals surface area (Å²) in [4.78, 5) is 15.5. The summed E-state index contributed by atoms with van der Waals surface area (Å²) >= 11 is 0. The number of hydrogen-bond donors (Lipinski definition) is 0. The highest BCUT2D eigenvalue weighted by Gasteiger charge is 2.12. The number of carbonyl (C=O) groups is 1. The van der Waals surface area contributed by atoms with Gasteiger partial charge in [0.15, 0.2) is 0 Å². The summed E-state index contributed by atoms with van der Waals surface area (Å²) < 4.78 is 11.8. The molecule has 0 N–H and O–H groups in total. The number of rotatable bonds is 11. The van der Waals surface area contributed by atoms with E-state index in [9.17, 15) is 4.79 Å². The summed E-state index contributed by atoms with van der Waals surface area (Å²) in [5, 5.41) is 0. The molecule has 2 aromatic carbocycles. The maximum atomic E-state index is 11.3. The monoisotopic (exact) mass is 382 g/mol. The first-order valence-electron chi connectivity index (χ1n) is 9.41. The van der Waals surface area contributed by atoms with E-state index in [-0.39, 0.29) is 0 Å². The molecule has 0 fully saturated rings. The second kappa shape index (κ2) is 11.3. The van der Waals surface area contributed by atoms with E-state index in [0.717, 1.165) is 47.6 Å². The SMILES string of the molecule is CN(C)CCOc1cccc(C(=CC=O)c2ccccc2OCCN(C)C)c1. The summed E-state index contributed by atoms with van der Waals surface area (Å²) in [6.07, 6.45) is 2.39.